The number of hydrogen-bond acceptors (Lipinski definition) is 4. The Morgan fingerprint density at radius 3 is 2.43 bits per heavy atom. The van der Waals surface area contributed by atoms with Crippen LogP contribution in [0.4, 0.5) is 5.69 Å². The third-order valence-electron chi connectivity index (χ3n) is 6.11. The minimum atomic E-state index is 0.0486. The van der Waals surface area contributed by atoms with Crippen LogP contribution >= 0.6 is 11.6 Å². The largest absolute Gasteiger partial charge is 0.368 e. The van der Waals surface area contributed by atoms with Gasteiger partial charge in [0.1, 0.15) is 0 Å². The van der Waals surface area contributed by atoms with Gasteiger partial charge in [-0.25, -0.2) is 4.98 Å². The van der Waals surface area contributed by atoms with Gasteiger partial charge in [0.15, 0.2) is 0 Å². The fourth-order valence-electron chi connectivity index (χ4n) is 4.28. The summed E-state index contributed by atoms with van der Waals surface area (Å²) in [6.07, 6.45) is 13.0. The minimum absolute atomic E-state index is 0.0486. The van der Waals surface area contributed by atoms with Gasteiger partial charge in [-0.15, -0.1) is 0 Å². The first-order chi connectivity index (χ1) is 17.1. The van der Waals surface area contributed by atoms with Crippen molar-refractivity contribution in [2.75, 3.05) is 31.1 Å². The number of imidazole rings is 1. The third kappa shape index (κ3) is 5.78. The molecule has 0 saturated carbocycles. The van der Waals surface area contributed by atoms with E-state index in [0.29, 0.717) is 18.7 Å². The van der Waals surface area contributed by atoms with Crippen molar-refractivity contribution in [2.45, 2.75) is 6.54 Å². The van der Waals surface area contributed by atoms with Crippen molar-refractivity contribution >= 4 is 35.3 Å². The molecule has 2 aromatic carbocycles. The molecule has 7 heteroatoms. The number of hydrogen-bond donors (Lipinski definition) is 0. The van der Waals surface area contributed by atoms with Crippen molar-refractivity contribution in [2.24, 2.45) is 0 Å². The first-order valence-corrected chi connectivity index (χ1v) is 12.0. The van der Waals surface area contributed by atoms with E-state index in [-0.39, 0.29) is 5.91 Å². The lowest BCUT2D eigenvalue weighted by molar-refractivity contribution is 0.0746. The van der Waals surface area contributed by atoms with Gasteiger partial charge in [-0.05, 0) is 59.2 Å². The summed E-state index contributed by atoms with van der Waals surface area (Å²) in [5.41, 5.74) is 5.12. The summed E-state index contributed by atoms with van der Waals surface area (Å²) in [6, 6.07) is 18.2. The molecule has 176 valence electrons. The lowest BCUT2D eigenvalue weighted by Gasteiger charge is -2.36. The van der Waals surface area contributed by atoms with Crippen LogP contribution in [0, 0.1) is 0 Å². The lowest BCUT2D eigenvalue weighted by Crippen LogP contribution is -2.48. The zero-order valence-electron chi connectivity index (χ0n) is 19.3. The van der Waals surface area contributed by atoms with Crippen LogP contribution < -0.4 is 4.90 Å². The highest BCUT2D eigenvalue weighted by Crippen LogP contribution is 2.21. The number of aromatic nitrogens is 3. The van der Waals surface area contributed by atoms with Gasteiger partial charge in [-0.2, -0.15) is 0 Å². The van der Waals surface area contributed by atoms with Crippen LogP contribution in [0.3, 0.4) is 0 Å². The standard InChI is InChI=1S/C28H26ClN5O/c29-26-17-23(16-24(18-26)20-32-11-10-31-21-32)4-3-22-5-7-27(8-6-22)33-12-14-34(15-13-33)28(35)25-2-1-9-30-19-25/h1-11,16-19,21H,12-15,20H2. The number of pyridine rings is 1. The number of piperazine rings is 1. The molecule has 35 heavy (non-hydrogen) atoms. The van der Waals surface area contributed by atoms with Crippen LogP contribution in [0.25, 0.3) is 12.2 Å². The fraction of sp³-hybridized carbons (Fsp3) is 0.179. The summed E-state index contributed by atoms with van der Waals surface area (Å²) >= 11 is 6.35. The van der Waals surface area contributed by atoms with E-state index in [9.17, 15) is 4.79 Å². The SMILES string of the molecule is O=C(c1cccnc1)N1CCN(c2ccc(C=Cc3cc(Cl)cc(Cn4ccnc4)c3)cc2)CC1. The van der Waals surface area contributed by atoms with Gasteiger partial charge in [0.2, 0.25) is 0 Å². The highest BCUT2D eigenvalue weighted by atomic mass is 35.5. The molecule has 0 unspecified atom stereocenters. The first kappa shape index (κ1) is 22.9. The van der Waals surface area contributed by atoms with E-state index < -0.39 is 0 Å². The van der Waals surface area contributed by atoms with E-state index in [0.717, 1.165) is 41.3 Å². The molecule has 0 spiro atoms. The van der Waals surface area contributed by atoms with Gasteiger partial charge >= 0.3 is 0 Å². The molecule has 3 heterocycles. The minimum Gasteiger partial charge on any atom is -0.368 e. The third-order valence-corrected chi connectivity index (χ3v) is 6.32. The van der Waals surface area contributed by atoms with Crippen molar-refractivity contribution in [3.63, 3.8) is 0 Å². The molecule has 0 bridgehead atoms. The Kier molecular flexibility index (Phi) is 6.91. The lowest BCUT2D eigenvalue weighted by atomic mass is 10.1. The number of amides is 1. The van der Waals surface area contributed by atoms with Crippen LogP contribution in [-0.2, 0) is 6.54 Å². The molecule has 0 N–H and O–H groups in total. The summed E-state index contributed by atoms with van der Waals surface area (Å²) in [6.45, 7) is 3.75. The number of halogens is 1. The molecule has 4 aromatic rings. The maximum absolute atomic E-state index is 12.6. The number of rotatable bonds is 6. The zero-order valence-corrected chi connectivity index (χ0v) is 20.1. The second-order valence-electron chi connectivity index (χ2n) is 8.57. The number of nitrogens with zero attached hydrogens (tertiary/aromatic N) is 5. The van der Waals surface area contributed by atoms with Crippen molar-refractivity contribution < 1.29 is 4.79 Å². The summed E-state index contributed by atoms with van der Waals surface area (Å²) in [7, 11) is 0. The average Bonchev–Trinajstić information content (AvgIpc) is 3.41. The maximum atomic E-state index is 12.6. The summed E-state index contributed by atoms with van der Waals surface area (Å²) < 4.78 is 2.02. The van der Waals surface area contributed by atoms with Crippen LogP contribution in [-0.4, -0.2) is 51.5 Å². The summed E-state index contributed by atoms with van der Waals surface area (Å²) in [4.78, 5) is 25.0. The van der Waals surface area contributed by atoms with E-state index in [1.807, 2.05) is 33.9 Å². The molecular formula is C28H26ClN5O. The Bertz CT molecular complexity index is 1300. The Balaban J connectivity index is 1.19. The molecule has 1 amide bonds. The molecule has 1 aliphatic heterocycles. The van der Waals surface area contributed by atoms with Crippen LogP contribution in [0.2, 0.25) is 5.02 Å². The van der Waals surface area contributed by atoms with Gasteiger partial charge in [0, 0.05) is 68.2 Å². The first-order valence-electron chi connectivity index (χ1n) is 11.6. The quantitative estimate of drug-likeness (QED) is 0.357. The summed E-state index contributed by atoms with van der Waals surface area (Å²) in [5, 5.41) is 0.721. The van der Waals surface area contributed by atoms with Crippen LogP contribution in [0.15, 0.2) is 85.7 Å². The molecule has 2 aromatic heterocycles. The molecule has 1 fully saturated rings. The normalized spacial score (nSPS) is 14.0. The highest BCUT2D eigenvalue weighted by molar-refractivity contribution is 6.30. The second-order valence-corrected chi connectivity index (χ2v) is 9.01. The van der Waals surface area contributed by atoms with Crippen LogP contribution in [0.5, 0.6) is 0 Å². The fourth-order valence-corrected chi connectivity index (χ4v) is 4.55. The van der Waals surface area contributed by atoms with Crippen molar-refractivity contribution in [3.8, 4) is 0 Å². The monoisotopic (exact) mass is 483 g/mol. The van der Waals surface area contributed by atoms with E-state index >= 15 is 0 Å². The molecule has 0 atom stereocenters. The molecular weight excluding hydrogens is 458 g/mol. The van der Waals surface area contributed by atoms with E-state index in [2.05, 4.69) is 57.4 Å². The maximum Gasteiger partial charge on any atom is 0.255 e. The van der Waals surface area contributed by atoms with Gasteiger partial charge in [-0.3, -0.25) is 9.78 Å². The van der Waals surface area contributed by atoms with Crippen molar-refractivity contribution in [3.05, 3.63) is 113 Å². The Morgan fingerprint density at radius 2 is 1.71 bits per heavy atom. The second kappa shape index (κ2) is 10.6. The van der Waals surface area contributed by atoms with Crippen LogP contribution in [0.1, 0.15) is 27.0 Å². The number of benzene rings is 2. The highest BCUT2D eigenvalue weighted by Gasteiger charge is 2.22. The van der Waals surface area contributed by atoms with Gasteiger partial charge < -0.3 is 14.4 Å². The predicted octanol–water partition coefficient (Wildman–Crippen LogP) is 5.11. The number of carbonyl (C=O) groups excluding carboxylic acids is 1. The smallest absolute Gasteiger partial charge is 0.255 e. The van der Waals surface area contributed by atoms with Gasteiger partial charge in [0.05, 0.1) is 11.9 Å². The van der Waals surface area contributed by atoms with E-state index in [1.54, 1.807) is 31.0 Å². The molecule has 5 rings (SSSR count). The zero-order chi connectivity index (χ0) is 24.0. The average molecular weight is 484 g/mol. The Labute approximate surface area is 210 Å². The Morgan fingerprint density at radius 1 is 0.914 bits per heavy atom. The van der Waals surface area contributed by atoms with Crippen molar-refractivity contribution in [1.29, 1.82) is 0 Å². The Hall–Kier alpha value is -3.90. The number of anilines is 1. The molecule has 0 aliphatic carbocycles. The topological polar surface area (TPSA) is 54.3 Å². The number of carbonyl (C=O) groups is 1. The molecule has 1 aliphatic rings. The van der Waals surface area contributed by atoms with E-state index in [1.165, 1.54) is 5.69 Å². The molecule has 0 radical (unpaired) electrons. The molecule has 6 nitrogen and oxygen atoms in total. The predicted molar refractivity (Wildman–Crippen MR) is 141 cm³/mol. The van der Waals surface area contributed by atoms with E-state index in [4.69, 9.17) is 11.6 Å². The van der Waals surface area contributed by atoms with Crippen molar-refractivity contribution in [1.82, 2.24) is 19.4 Å². The molecule has 1 saturated heterocycles. The summed E-state index contributed by atoms with van der Waals surface area (Å²) in [5.74, 6) is 0.0486. The van der Waals surface area contributed by atoms with Gasteiger partial charge in [-0.1, -0.05) is 35.9 Å². The van der Waals surface area contributed by atoms with Gasteiger partial charge in [0.25, 0.3) is 5.91 Å².